The monoisotopic (exact) mass is 556 g/mol. The lowest BCUT2D eigenvalue weighted by Gasteiger charge is -2.66. The Morgan fingerprint density at radius 3 is 2.16 bits per heavy atom. The third-order valence-corrected chi connectivity index (χ3v) is 11.6. The Kier molecular flexibility index (Phi) is 7.19. The number of carboxylic acids is 2. The number of carboxylic acid groups (broad SMARTS) is 2. The molecule has 0 aromatic rings. The lowest BCUT2D eigenvalue weighted by Crippen LogP contribution is -2.70. The first-order valence-electron chi connectivity index (χ1n) is 13.4. The van der Waals surface area contributed by atoms with Crippen LogP contribution in [0.5, 0.6) is 0 Å². The highest BCUT2D eigenvalue weighted by Crippen LogP contribution is 2.71. The van der Waals surface area contributed by atoms with E-state index in [-0.39, 0.29) is 62.2 Å². The lowest BCUT2D eigenvalue weighted by atomic mass is 9.39. The van der Waals surface area contributed by atoms with Crippen molar-refractivity contribution in [1.82, 2.24) is 0 Å². The summed E-state index contributed by atoms with van der Waals surface area (Å²) in [6.07, 6.45) is -2.05. The first-order chi connectivity index (χ1) is 17.5. The first-order valence-corrected chi connectivity index (χ1v) is 13.9. The largest absolute Gasteiger partial charge is 0.481 e. The van der Waals surface area contributed by atoms with E-state index in [4.69, 9.17) is 11.6 Å². The van der Waals surface area contributed by atoms with Gasteiger partial charge in [0.25, 0.3) is 0 Å². The maximum absolute atomic E-state index is 16.1. The SMILES string of the molecule is C=C1C[C@H]2[C@@H]3C[C@@H](F)[C@@]4(O)CC(=O)C(CCC(=O)O)(CCC(=O)O)C[C@]4(C)[C@H]3CC[C@]2(C)[C@@]1(O)C(=O)CCl. The predicted octanol–water partition coefficient (Wildman–Crippen LogP) is 3.69. The van der Waals surface area contributed by atoms with Crippen molar-refractivity contribution in [3.63, 3.8) is 0 Å². The Morgan fingerprint density at radius 1 is 1.05 bits per heavy atom. The molecular weight excluding hydrogens is 519 g/mol. The number of carbonyl (C=O) groups excluding carboxylic acids is 2. The van der Waals surface area contributed by atoms with Crippen molar-refractivity contribution in [2.75, 3.05) is 5.88 Å². The number of rotatable bonds is 8. The van der Waals surface area contributed by atoms with E-state index >= 15 is 4.39 Å². The van der Waals surface area contributed by atoms with Crippen LogP contribution in [0.4, 0.5) is 4.39 Å². The zero-order valence-corrected chi connectivity index (χ0v) is 22.7. The van der Waals surface area contributed by atoms with Gasteiger partial charge in [0, 0.05) is 35.5 Å². The lowest BCUT2D eigenvalue weighted by molar-refractivity contribution is -0.251. The number of aliphatic hydroxyl groups is 2. The molecule has 0 saturated heterocycles. The molecule has 4 fully saturated rings. The minimum atomic E-state index is -1.98. The molecule has 212 valence electrons. The molecule has 0 spiro atoms. The van der Waals surface area contributed by atoms with Crippen molar-refractivity contribution in [2.45, 2.75) is 95.4 Å². The Labute approximate surface area is 226 Å². The summed E-state index contributed by atoms with van der Waals surface area (Å²) in [6, 6.07) is 0. The third-order valence-electron chi connectivity index (χ3n) is 11.3. The molecule has 10 heteroatoms. The highest BCUT2D eigenvalue weighted by Gasteiger charge is 2.73. The summed E-state index contributed by atoms with van der Waals surface area (Å²) in [5, 5.41) is 42.2. The van der Waals surface area contributed by atoms with E-state index in [2.05, 4.69) is 6.58 Å². The van der Waals surface area contributed by atoms with Crippen LogP contribution < -0.4 is 0 Å². The molecule has 0 aromatic carbocycles. The number of halogens is 2. The summed E-state index contributed by atoms with van der Waals surface area (Å²) in [6.45, 7) is 7.57. The first kappa shape index (κ1) is 29.2. The second-order valence-corrected chi connectivity index (χ2v) is 13.1. The molecule has 8 nitrogen and oxygen atoms in total. The van der Waals surface area contributed by atoms with Gasteiger partial charge in [0.2, 0.25) is 0 Å². The molecule has 38 heavy (non-hydrogen) atoms. The van der Waals surface area contributed by atoms with E-state index in [9.17, 15) is 39.6 Å². The van der Waals surface area contributed by atoms with Crippen molar-refractivity contribution in [1.29, 1.82) is 0 Å². The molecule has 0 radical (unpaired) electrons. The molecule has 0 amide bonds. The number of fused-ring (bicyclic) bond motifs is 5. The van der Waals surface area contributed by atoms with Gasteiger partial charge in [-0.1, -0.05) is 20.4 Å². The van der Waals surface area contributed by atoms with Gasteiger partial charge in [-0.05, 0) is 68.3 Å². The smallest absolute Gasteiger partial charge is 0.303 e. The molecule has 4 aliphatic carbocycles. The fourth-order valence-electron chi connectivity index (χ4n) is 9.20. The van der Waals surface area contributed by atoms with Gasteiger partial charge in [0.15, 0.2) is 11.4 Å². The van der Waals surface area contributed by atoms with Gasteiger partial charge in [-0.3, -0.25) is 19.2 Å². The molecule has 4 aliphatic rings. The summed E-state index contributed by atoms with van der Waals surface area (Å²) in [4.78, 5) is 49.3. The molecular formula is C28H38ClFO8. The van der Waals surface area contributed by atoms with Gasteiger partial charge < -0.3 is 20.4 Å². The zero-order valence-electron chi connectivity index (χ0n) is 22.0. The topological polar surface area (TPSA) is 149 Å². The molecule has 8 atom stereocenters. The standard InChI is InChI=1S/C28H38ClFO8/c1-15-10-18-16-11-19(30)27(37)12-20(31)26(8-5-22(33)34,9-6-23(35)36)14-25(27,3)17(16)4-7-24(18,2)28(15,38)21(32)13-29/h16-19,37-38H,1,4-14H2,2-3H3,(H,33,34)(H,35,36)/t16-,17+,18+,19-,24+,25-,27+,28+/m1/s1. The van der Waals surface area contributed by atoms with Gasteiger partial charge in [0.05, 0.1) is 5.88 Å². The summed E-state index contributed by atoms with van der Waals surface area (Å²) in [5.41, 5.74) is -6.84. The van der Waals surface area contributed by atoms with Crippen molar-refractivity contribution >= 4 is 35.1 Å². The quantitative estimate of drug-likeness (QED) is 0.261. The highest BCUT2D eigenvalue weighted by atomic mass is 35.5. The molecule has 4 N–H and O–H groups in total. The van der Waals surface area contributed by atoms with E-state index in [0.717, 1.165) is 0 Å². The van der Waals surface area contributed by atoms with E-state index in [0.29, 0.717) is 24.8 Å². The van der Waals surface area contributed by atoms with Crippen molar-refractivity contribution in [3.05, 3.63) is 12.2 Å². The average Bonchev–Trinajstić information content (AvgIpc) is 3.05. The van der Waals surface area contributed by atoms with Crippen molar-refractivity contribution < 1.29 is 44.0 Å². The summed E-state index contributed by atoms with van der Waals surface area (Å²) in [7, 11) is 0. The number of aliphatic carboxylic acids is 2. The highest BCUT2D eigenvalue weighted by molar-refractivity contribution is 6.29. The number of ketones is 2. The van der Waals surface area contributed by atoms with Gasteiger partial charge in [-0.25, -0.2) is 4.39 Å². The minimum absolute atomic E-state index is 0.0211. The number of carbonyl (C=O) groups is 4. The molecule has 4 rings (SSSR count). The molecule has 4 saturated carbocycles. The van der Waals surface area contributed by atoms with Gasteiger partial charge in [0.1, 0.15) is 17.6 Å². The van der Waals surface area contributed by atoms with Crippen LogP contribution in [0.25, 0.3) is 0 Å². The van der Waals surface area contributed by atoms with Gasteiger partial charge in [-0.15, -0.1) is 11.6 Å². The van der Waals surface area contributed by atoms with Crippen molar-refractivity contribution in [2.24, 2.45) is 34.0 Å². The summed E-state index contributed by atoms with van der Waals surface area (Å²) in [5.74, 6) is -4.59. The van der Waals surface area contributed by atoms with Gasteiger partial charge >= 0.3 is 11.9 Å². The molecule has 0 bridgehead atoms. The predicted molar refractivity (Wildman–Crippen MR) is 135 cm³/mol. The van der Waals surface area contributed by atoms with E-state index in [1.807, 2.05) is 6.92 Å². The van der Waals surface area contributed by atoms with Crippen LogP contribution in [0, 0.1) is 34.0 Å². The molecule has 0 aromatic heterocycles. The number of Topliss-reactive ketones (excluding diaryl/α,β-unsaturated/α-hetero) is 2. The number of hydrogen-bond acceptors (Lipinski definition) is 6. The summed E-state index contributed by atoms with van der Waals surface area (Å²) < 4.78 is 16.1. The third kappa shape index (κ3) is 3.82. The van der Waals surface area contributed by atoms with Crippen LogP contribution in [-0.4, -0.2) is 67.2 Å². The van der Waals surface area contributed by atoms with Crippen LogP contribution in [-0.2, 0) is 19.2 Å². The van der Waals surface area contributed by atoms with Crippen LogP contribution in [0.2, 0.25) is 0 Å². The number of alkyl halides is 2. The van der Waals surface area contributed by atoms with Gasteiger partial charge in [-0.2, -0.15) is 0 Å². The van der Waals surface area contributed by atoms with E-state index in [1.165, 1.54) is 0 Å². The molecule has 0 aliphatic heterocycles. The second-order valence-electron chi connectivity index (χ2n) is 12.8. The Balaban J connectivity index is 1.77. The molecule has 0 unspecified atom stereocenters. The second kappa shape index (κ2) is 9.37. The maximum Gasteiger partial charge on any atom is 0.303 e. The Morgan fingerprint density at radius 2 is 1.63 bits per heavy atom. The summed E-state index contributed by atoms with van der Waals surface area (Å²) >= 11 is 5.86. The number of hydrogen-bond donors (Lipinski definition) is 4. The maximum atomic E-state index is 16.1. The fraction of sp³-hybridized carbons (Fsp3) is 0.786. The normalized spacial score (nSPS) is 43.6. The molecule has 0 heterocycles. The average molecular weight is 557 g/mol. The zero-order chi connectivity index (χ0) is 28.5. The Bertz CT molecular complexity index is 1060. The Hall–Kier alpha value is -1.84. The van der Waals surface area contributed by atoms with Crippen LogP contribution in [0.3, 0.4) is 0 Å². The van der Waals surface area contributed by atoms with Crippen LogP contribution >= 0.6 is 11.6 Å². The minimum Gasteiger partial charge on any atom is -0.481 e. The van der Waals surface area contributed by atoms with Crippen LogP contribution in [0.15, 0.2) is 12.2 Å². The van der Waals surface area contributed by atoms with Crippen LogP contribution in [0.1, 0.15) is 78.1 Å². The van der Waals surface area contributed by atoms with Crippen molar-refractivity contribution in [3.8, 4) is 0 Å². The van der Waals surface area contributed by atoms with E-state index in [1.54, 1.807) is 6.92 Å². The van der Waals surface area contributed by atoms with E-state index < -0.39 is 63.5 Å². The fourth-order valence-corrected chi connectivity index (χ4v) is 9.39.